The Balaban J connectivity index is 3.62. The van der Waals surface area contributed by atoms with Gasteiger partial charge < -0.3 is 0 Å². The van der Waals surface area contributed by atoms with Crippen molar-refractivity contribution in [2.75, 3.05) is 4.43 Å². The smallest absolute Gasteiger partial charge is 0.195 e. The first kappa shape index (κ1) is 9.32. The van der Waals surface area contributed by atoms with E-state index in [0.29, 0.717) is 4.43 Å². The van der Waals surface area contributed by atoms with Gasteiger partial charge in [0.15, 0.2) is 0 Å². The number of alkyl halides is 4. The van der Waals surface area contributed by atoms with Crippen LogP contribution in [0.4, 0.5) is 8.78 Å². The first-order chi connectivity index (χ1) is 3.48. The lowest BCUT2D eigenvalue weighted by molar-refractivity contribution is 0.0785. The fourth-order valence-corrected chi connectivity index (χ4v) is 1.70. The lowest BCUT2D eigenvalue weighted by Gasteiger charge is -2.13. The van der Waals surface area contributed by atoms with Gasteiger partial charge in [-0.15, -0.1) is 0 Å². The summed E-state index contributed by atoms with van der Waals surface area (Å²) < 4.78 is 22.2. The van der Waals surface area contributed by atoms with Gasteiger partial charge in [0.2, 0.25) is 0 Å². The summed E-state index contributed by atoms with van der Waals surface area (Å²) >= 11 is 3.12. The third-order valence-electron chi connectivity index (χ3n) is 0.790. The largest absolute Gasteiger partial charge is 0.299 e. The molecule has 0 bridgehead atoms. The second-order valence-electron chi connectivity index (χ2n) is 1.60. The van der Waals surface area contributed by atoms with Crippen molar-refractivity contribution in [1.82, 2.24) is 0 Å². The minimum absolute atomic E-state index is 0.508. The predicted molar refractivity (Wildman–Crippen MR) is 47.0 cm³/mol. The molecule has 0 radical (unpaired) electrons. The fourth-order valence-electron chi connectivity index (χ4n) is 0.0875. The van der Waals surface area contributed by atoms with Gasteiger partial charge in [-0.05, 0) is 22.6 Å². The highest BCUT2D eigenvalue weighted by Crippen LogP contribution is 2.32. The SMILES string of the molecule is CC(CI)C(F)(F)I. The van der Waals surface area contributed by atoms with Crippen LogP contribution >= 0.6 is 45.2 Å². The van der Waals surface area contributed by atoms with Gasteiger partial charge in [0.25, 0.3) is 3.93 Å². The van der Waals surface area contributed by atoms with Crippen molar-refractivity contribution < 1.29 is 8.78 Å². The van der Waals surface area contributed by atoms with Crippen molar-refractivity contribution in [1.29, 1.82) is 0 Å². The lowest BCUT2D eigenvalue weighted by Crippen LogP contribution is -2.18. The number of hydrogen-bond donors (Lipinski definition) is 0. The molecule has 0 aliphatic heterocycles. The second kappa shape index (κ2) is 3.48. The van der Waals surface area contributed by atoms with Gasteiger partial charge >= 0.3 is 0 Å². The molecule has 0 saturated carbocycles. The molecule has 0 fully saturated rings. The van der Waals surface area contributed by atoms with E-state index in [0.717, 1.165) is 22.6 Å². The quantitative estimate of drug-likeness (QED) is 0.533. The van der Waals surface area contributed by atoms with Gasteiger partial charge in [-0.1, -0.05) is 29.5 Å². The maximum absolute atomic E-state index is 12.1. The Bertz CT molecular complexity index is 68.9. The Morgan fingerprint density at radius 2 is 2.00 bits per heavy atom. The Morgan fingerprint density at radius 3 is 2.00 bits per heavy atom. The summed E-state index contributed by atoms with van der Waals surface area (Å²) in [5.41, 5.74) is 0. The molecule has 1 atom stereocenters. The Morgan fingerprint density at radius 1 is 1.62 bits per heavy atom. The summed E-state index contributed by atoms with van der Waals surface area (Å²) in [6.45, 7) is 1.54. The molecule has 0 aliphatic rings. The molecule has 0 aliphatic carbocycles. The molecule has 0 aromatic carbocycles. The first-order valence-electron chi connectivity index (χ1n) is 2.11. The molecule has 0 aromatic heterocycles. The molecule has 4 heteroatoms. The molecule has 0 saturated heterocycles. The first-order valence-corrected chi connectivity index (χ1v) is 4.71. The van der Waals surface area contributed by atoms with E-state index in [1.165, 1.54) is 0 Å². The van der Waals surface area contributed by atoms with Gasteiger partial charge in [0.1, 0.15) is 0 Å². The van der Waals surface area contributed by atoms with Crippen molar-refractivity contribution in [3.8, 4) is 0 Å². The summed E-state index contributed by atoms with van der Waals surface area (Å²) in [6.07, 6.45) is 0. The molecule has 0 amide bonds. The normalized spacial score (nSPS) is 16.1. The van der Waals surface area contributed by atoms with Crippen LogP contribution in [-0.2, 0) is 0 Å². The average molecular weight is 346 g/mol. The van der Waals surface area contributed by atoms with Gasteiger partial charge in [-0.2, -0.15) is 8.78 Å². The summed E-state index contributed by atoms with van der Waals surface area (Å²) in [7, 11) is 0. The van der Waals surface area contributed by atoms with Crippen molar-refractivity contribution >= 4 is 45.2 Å². The van der Waals surface area contributed by atoms with E-state index >= 15 is 0 Å². The monoisotopic (exact) mass is 346 g/mol. The zero-order chi connectivity index (χ0) is 6.78. The van der Waals surface area contributed by atoms with E-state index in [2.05, 4.69) is 0 Å². The highest BCUT2D eigenvalue weighted by Gasteiger charge is 2.30. The van der Waals surface area contributed by atoms with Crippen molar-refractivity contribution in [3.05, 3.63) is 0 Å². The van der Waals surface area contributed by atoms with Crippen LogP contribution in [0.2, 0.25) is 0 Å². The average Bonchev–Trinajstić information content (AvgIpc) is 1.62. The Labute approximate surface area is 74.7 Å². The molecular weight excluding hydrogens is 340 g/mol. The van der Waals surface area contributed by atoms with Crippen LogP contribution in [0.15, 0.2) is 0 Å². The lowest BCUT2D eigenvalue weighted by atomic mass is 10.2. The fraction of sp³-hybridized carbons (Fsp3) is 1.00. The van der Waals surface area contributed by atoms with Crippen LogP contribution in [0.25, 0.3) is 0 Å². The van der Waals surface area contributed by atoms with Gasteiger partial charge in [-0.25, -0.2) is 0 Å². The number of hydrogen-bond acceptors (Lipinski definition) is 0. The van der Waals surface area contributed by atoms with Crippen LogP contribution in [0.1, 0.15) is 6.92 Å². The van der Waals surface area contributed by atoms with Gasteiger partial charge in [0.05, 0.1) is 0 Å². The Kier molecular flexibility index (Phi) is 4.05. The minimum Gasteiger partial charge on any atom is -0.195 e. The highest BCUT2D eigenvalue weighted by atomic mass is 127. The van der Waals surface area contributed by atoms with Crippen LogP contribution in [0, 0.1) is 5.92 Å². The van der Waals surface area contributed by atoms with E-state index in [4.69, 9.17) is 0 Å². The van der Waals surface area contributed by atoms with Crippen LogP contribution < -0.4 is 0 Å². The third-order valence-corrected chi connectivity index (χ3v) is 3.17. The molecule has 0 nitrogen and oxygen atoms in total. The predicted octanol–water partition coefficient (Wildman–Crippen LogP) is 3.09. The summed E-state index contributed by atoms with van der Waals surface area (Å²) in [6, 6.07) is 0. The summed E-state index contributed by atoms with van der Waals surface area (Å²) in [4.78, 5) is 0. The second-order valence-corrected chi connectivity index (χ2v) is 3.92. The molecule has 1 unspecified atom stereocenters. The highest BCUT2D eigenvalue weighted by molar-refractivity contribution is 14.1. The van der Waals surface area contributed by atoms with Crippen molar-refractivity contribution in [2.24, 2.45) is 5.92 Å². The zero-order valence-corrected chi connectivity index (χ0v) is 8.61. The van der Waals surface area contributed by atoms with Crippen molar-refractivity contribution in [2.45, 2.75) is 10.9 Å². The third kappa shape index (κ3) is 3.37. The Hall–Kier alpha value is 1.32. The van der Waals surface area contributed by atoms with E-state index in [1.54, 1.807) is 6.92 Å². The van der Waals surface area contributed by atoms with E-state index < -0.39 is 9.85 Å². The van der Waals surface area contributed by atoms with Crippen LogP contribution in [0.3, 0.4) is 0 Å². The summed E-state index contributed by atoms with van der Waals surface area (Å²) in [5.74, 6) is -0.510. The maximum atomic E-state index is 12.1. The van der Waals surface area contributed by atoms with E-state index in [1.807, 2.05) is 22.6 Å². The molecule has 0 N–H and O–H groups in total. The molecule has 0 heterocycles. The zero-order valence-electron chi connectivity index (χ0n) is 4.30. The van der Waals surface area contributed by atoms with E-state index in [9.17, 15) is 8.78 Å². The van der Waals surface area contributed by atoms with E-state index in [-0.39, 0.29) is 0 Å². The van der Waals surface area contributed by atoms with Crippen LogP contribution in [0.5, 0.6) is 0 Å². The number of rotatable bonds is 2. The molecule has 50 valence electrons. The number of halogens is 4. The van der Waals surface area contributed by atoms with Gasteiger partial charge in [-0.3, -0.25) is 0 Å². The minimum atomic E-state index is -2.53. The van der Waals surface area contributed by atoms with Crippen LogP contribution in [-0.4, -0.2) is 8.36 Å². The van der Waals surface area contributed by atoms with Gasteiger partial charge in [0, 0.05) is 10.3 Å². The molecular formula is C4H6F2I2. The molecule has 0 aromatic rings. The standard InChI is InChI=1S/C4H6F2I2/c1-3(2-7)4(5,6)8/h3H,2H2,1H3. The summed E-state index contributed by atoms with van der Waals surface area (Å²) in [5, 5.41) is 0. The maximum Gasteiger partial charge on any atom is 0.299 e. The molecule has 8 heavy (non-hydrogen) atoms. The topological polar surface area (TPSA) is 0 Å². The molecule has 0 rings (SSSR count). The molecule has 0 spiro atoms. The van der Waals surface area contributed by atoms with Crippen molar-refractivity contribution in [3.63, 3.8) is 0 Å².